The molecule has 0 saturated carbocycles. The third-order valence-corrected chi connectivity index (χ3v) is 9.11. The molecular formula is C35H26Cl3N3O4S. The second kappa shape index (κ2) is 13.6. The van der Waals surface area contributed by atoms with Crippen molar-refractivity contribution in [2.75, 3.05) is 12.4 Å². The Bertz CT molecular complexity index is 2140. The average molecular weight is 691 g/mol. The van der Waals surface area contributed by atoms with Crippen LogP contribution in [0.25, 0.3) is 6.08 Å². The van der Waals surface area contributed by atoms with Crippen LogP contribution in [0.3, 0.4) is 0 Å². The minimum Gasteiger partial charge on any atom is -0.496 e. The van der Waals surface area contributed by atoms with E-state index in [1.807, 2.05) is 72.8 Å². The summed E-state index contributed by atoms with van der Waals surface area (Å²) in [4.78, 5) is 33.0. The first kappa shape index (κ1) is 31.6. The third kappa shape index (κ3) is 6.48. The monoisotopic (exact) mass is 689 g/mol. The van der Waals surface area contributed by atoms with Crippen LogP contribution in [0.4, 0.5) is 5.69 Å². The van der Waals surface area contributed by atoms with Gasteiger partial charge in [0, 0.05) is 16.3 Å². The quantitative estimate of drug-likeness (QED) is 0.184. The fourth-order valence-corrected chi connectivity index (χ4v) is 7.22. The first-order valence-corrected chi connectivity index (χ1v) is 16.1. The standard InChI is InChI=1S/C35H26Cl3N3O4S/c1-20-30(33(42)40-25-11-7-4-8-12-25)31(22-9-5-3-6-10-22)41-34(43)29(46-35(41)39-20)16-21-13-14-28(44-2)23(15-21)19-45-32-26(37)17-24(36)18-27(32)38/h3-18,31H,19H2,1-2H3,(H,40,42)/b29-16+/t31-/m1/s1. The number of thiazole rings is 1. The Kier molecular flexibility index (Phi) is 9.33. The topological polar surface area (TPSA) is 81.9 Å². The molecule has 0 fully saturated rings. The summed E-state index contributed by atoms with van der Waals surface area (Å²) >= 11 is 19.9. The van der Waals surface area contributed by atoms with Crippen LogP contribution in [-0.2, 0) is 11.4 Å². The van der Waals surface area contributed by atoms with E-state index in [0.717, 1.165) is 11.1 Å². The number of hydrogen-bond donors (Lipinski definition) is 1. The molecule has 232 valence electrons. The molecule has 11 heteroatoms. The van der Waals surface area contributed by atoms with Crippen LogP contribution in [0.2, 0.25) is 15.1 Å². The molecule has 0 saturated heterocycles. The predicted octanol–water partition coefficient (Wildman–Crippen LogP) is 7.42. The summed E-state index contributed by atoms with van der Waals surface area (Å²) in [5, 5.41) is 3.94. The molecule has 1 aromatic heterocycles. The molecule has 7 nitrogen and oxygen atoms in total. The van der Waals surface area contributed by atoms with Gasteiger partial charge in [0.05, 0.1) is 39.0 Å². The van der Waals surface area contributed by atoms with Gasteiger partial charge in [0.2, 0.25) is 0 Å². The number of ether oxygens (including phenoxy) is 2. The zero-order valence-corrected chi connectivity index (χ0v) is 27.7. The molecule has 1 N–H and O–H groups in total. The van der Waals surface area contributed by atoms with Gasteiger partial charge in [0.1, 0.15) is 12.4 Å². The van der Waals surface area contributed by atoms with Gasteiger partial charge in [0.15, 0.2) is 10.6 Å². The summed E-state index contributed by atoms with van der Waals surface area (Å²) in [6.07, 6.45) is 1.79. The maximum atomic E-state index is 14.1. The van der Waals surface area contributed by atoms with Crippen molar-refractivity contribution >= 4 is 63.8 Å². The van der Waals surface area contributed by atoms with E-state index in [-0.39, 0.29) is 28.1 Å². The molecule has 6 rings (SSSR count). The Morgan fingerprint density at radius 3 is 2.33 bits per heavy atom. The van der Waals surface area contributed by atoms with Gasteiger partial charge in [-0.3, -0.25) is 14.2 Å². The molecule has 0 unspecified atom stereocenters. The van der Waals surface area contributed by atoms with Crippen LogP contribution >= 0.6 is 46.1 Å². The van der Waals surface area contributed by atoms with Crippen molar-refractivity contribution in [2.45, 2.75) is 19.6 Å². The number of carbonyl (C=O) groups is 1. The van der Waals surface area contributed by atoms with Crippen LogP contribution in [0.15, 0.2) is 112 Å². The fraction of sp³-hybridized carbons (Fsp3) is 0.114. The van der Waals surface area contributed by atoms with Crippen molar-refractivity contribution in [1.82, 2.24) is 4.57 Å². The van der Waals surface area contributed by atoms with Gasteiger partial charge in [-0.05, 0) is 60.5 Å². The number of halogens is 3. The third-order valence-electron chi connectivity index (χ3n) is 7.35. The number of methoxy groups -OCH3 is 1. The lowest BCUT2D eigenvalue weighted by Gasteiger charge is -2.25. The van der Waals surface area contributed by atoms with Gasteiger partial charge in [-0.1, -0.05) is 101 Å². The van der Waals surface area contributed by atoms with Gasteiger partial charge in [-0.25, -0.2) is 4.99 Å². The fourth-order valence-electron chi connectivity index (χ4n) is 5.25. The van der Waals surface area contributed by atoms with Gasteiger partial charge in [-0.15, -0.1) is 0 Å². The molecule has 1 amide bonds. The van der Waals surface area contributed by atoms with E-state index in [1.54, 1.807) is 42.9 Å². The molecular weight excluding hydrogens is 665 g/mol. The van der Waals surface area contributed by atoms with Crippen molar-refractivity contribution in [1.29, 1.82) is 0 Å². The number of fused-ring (bicyclic) bond motifs is 1. The minimum atomic E-state index is -0.669. The Hall–Kier alpha value is -4.34. The SMILES string of the molecule is COc1ccc(/C=c2/sc3n(c2=O)[C@H](c2ccccc2)C(C(=O)Nc2ccccc2)=C(C)N=3)cc1COc1c(Cl)cc(Cl)cc1Cl. The van der Waals surface area contributed by atoms with Gasteiger partial charge in [0.25, 0.3) is 11.5 Å². The van der Waals surface area contributed by atoms with Gasteiger partial charge >= 0.3 is 0 Å². The number of para-hydroxylation sites is 1. The van der Waals surface area contributed by atoms with E-state index in [4.69, 9.17) is 49.3 Å². The number of nitrogens with zero attached hydrogens (tertiary/aromatic N) is 2. The van der Waals surface area contributed by atoms with Crippen LogP contribution in [0.1, 0.15) is 29.7 Å². The zero-order chi connectivity index (χ0) is 32.4. The Morgan fingerprint density at radius 2 is 1.65 bits per heavy atom. The highest BCUT2D eigenvalue weighted by Gasteiger charge is 2.32. The number of rotatable bonds is 8. The molecule has 5 aromatic rings. The molecule has 1 aliphatic heterocycles. The van der Waals surface area contributed by atoms with E-state index in [9.17, 15) is 9.59 Å². The Balaban J connectivity index is 1.39. The highest BCUT2D eigenvalue weighted by molar-refractivity contribution is 7.07. The number of benzene rings is 4. The van der Waals surface area contributed by atoms with Crippen LogP contribution in [-0.4, -0.2) is 17.6 Å². The Labute approximate surface area is 283 Å². The van der Waals surface area contributed by atoms with Crippen molar-refractivity contribution in [3.63, 3.8) is 0 Å². The van der Waals surface area contributed by atoms with Crippen molar-refractivity contribution in [2.24, 2.45) is 4.99 Å². The van der Waals surface area contributed by atoms with E-state index in [1.165, 1.54) is 11.3 Å². The zero-order valence-electron chi connectivity index (χ0n) is 24.6. The normalized spacial score (nSPS) is 14.5. The van der Waals surface area contributed by atoms with E-state index < -0.39 is 6.04 Å². The molecule has 0 aliphatic carbocycles. The molecule has 1 aliphatic rings. The highest BCUT2D eigenvalue weighted by Crippen LogP contribution is 2.37. The highest BCUT2D eigenvalue weighted by atomic mass is 35.5. The number of nitrogens with one attached hydrogen (secondary N) is 1. The lowest BCUT2D eigenvalue weighted by atomic mass is 9.95. The summed E-state index contributed by atoms with van der Waals surface area (Å²) in [5.41, 5.74) is 3.58. The number of allylic oxidation sites excluding steroid dienone is 1. The van der Waals surface area contributed by atoms with Crippen molar-refractivity contribution in [3.8, 4) is 11.5 Å². The van der Waals surface area contributed by atoms with E-state index >= 15 is 0 Å². The number of hydrogen-bond acceptors (Lipinski definition) is 6. The molecule has 0 radical (unpaired) electrons. The van der Waals surface area contributed by atoms with Gasteiger partial charge < -0.3 is 14.8 Å². The van der Waals surface area contributed by atoms with Crippen LogP contribution in [0.5, 0.6) is 11.5 Å². The molecule has 4 aromatic carbocycles. The molecule has 2 heterocycles. The number of aromatic nitrogens is 1. The number of amides is 1. The van der Waals surface area contributed by atoms with Crippen molar-refractivity contribution < 1.29 is 14.3 Å². The lowest BCUT2D eigenvalue weighted by molar-refractivity contribution is -0.113. The maximum Gasteiger partial charge on any atom is 0.271 e. The minimum absolute atomic E-state index is 0.0975. The number of carbonyl (C=O) groups excluding carboxylic acids is 1. The molecule has 0 bridgehead atoms. The molecule has 46 heavy (non-hydrogen) atoms. The largest absolute Gasteiger partial charge is 0.496 e. The molecule has 1 atom stereocenters. The maximum absolute atomic E-state index is 14.1. The Morgan fingerprint density at radius 1 is 0.978 bits per heavy atom. The lowest BCUT2D eigenvalue weighted by Crippen LogP contribution is -2.40. The number of anilines is 1. The first-order chi connectivity index (χ1) is 22.2. The van der Waals surface area contributed by atoms with Gasteiger partial charge in [-0.2, -0.15) is 0 Å². The summed E-state index contributed by atoms with van der Waals surface area (Å²) in [6, 6.07) is 26.6. The van der Waals surface area contributed by atoms with E-state index in [0.29, 0.717) is 48.4 Å². The predicted molar refractivity (Wildman–Crippen MR) is 184 cm³/mol. The summed E-state index contributed by atoms with van der Waals surface area (Å²) < 4.78 is 13.6. The molecule has 0 spiro atoms. The van der Waals surface area contributed by atoms with Crippen LogP contribution < -0.4 is 29.7 Å². The van der Waals surface area contributed by atoms with Crippen LogP contribution in [0, 0.1) is 0 Å². The average Bonchev–Trinajstić information content (AvgIpc) is 3.34. The smallest absolute Gasteiger partial charge is 0.271 e. The first-order valence-electron chi connectivity index (χ1n) is 14.1. The summed E-state index contributed by atoms with van der Waals surface area (Å²) in [7, 11) is 1.57. The second-order valence-corrected chi connectivity index (χ2v) is 12.6. The van der Waals surface area contributed by atoms with Crippen molar-refractivity contribution in [3.05, 3.63) is 154 Å². The summed E-state index contributed by atoms with van der Waals surface area (Å²) in [6.45, 7) is 1.89. The second-order valence-electron chi connectivity index (χ2n) is 10.4. The summed E-state index contributed by atoms with van der Waals surface area (Å²) in [5.74, 6) is 0.571. The van der Waals surface area contributed by atoms with E-state index in [2.05, 4.69) is 5.32 Å².